The molecule has 1 unspecified atom stereocenters. The molecule has 232 valence electrons. The van der Waals surface area contributed by atoms with Gasteiger partial charge in [-0.15, -0.1) is 0 Å². The molecule has 2 saturated carbocycles. The van der Waals surface area contributed by atoms with Crippen LogP contribution in [0, 0.1) is 17.8 Å². The van der Waals surface area contributed by atoms with Gasteiger partial charge in [-0.1, -0.05) is 18.2 Å². The first-order chi connectivity index (χ1) is 20.9. The number of hydrogen-bond acceptors (Lipinski definition) is 6. The van der Waals surface area contributed by atoms with Gasteiger partial charge in [0.1, 0.15) is 17.5 Å². The first-order valence-electron chi connectivity index (χ1n) is 15.8. The summed E-state index contributed by atoms with van der Waals surface area (Å²) >= 11 is 0. The van der Waals surface area contributed by atoms with Gasteiger partial charge < -0.3 is 30.3 Å². The lowest BCUT2D eigenvalue weighted by molar-refractivity contribution is -0.139. The van der Waals surface area contributed by atoms with Crippen LogP contribution in [0.5, 0.6) is 11.5 Å². The summed E-state index contributed by atoms with van der Waals surface area (Å²) in [7, 11) is 3.20. The molecule has 2 aliphatic carbocycles. The van der Waals surface area contributed by atoms with Crippen molar-refractivity contribution in [1.82, 2.24) is 15.1 Å². The topological polar surface area (TPSA) is 114 Å². The number of amides is 3. The number of piperidine rings is 1. The lowest BCUT2D eigenvalue weighted by atomic mass is 9.82. The summed E-state index contributed by atoms with van der Waals surface area (Å²) in [5.41, 5.74) is 7.34. The van der Waals surface area contributed by atoms with E-state index >= 15 is 0 Å². The minimum atomic E-state index is -0.683. The molecular formula is C34H46N4O5. The summed E-state index contributed by atoms with van der Waals surface area (Å²) in [6, 6.07) is 14.0. The molecule has 1 heterocycles. The summed E-state index contributed by atoms with van der Waals surface area (Å²) in [6.07, 6.45) is 7.07. The van der Waals surface area contributed by atoms with Gasteiger partial charge in [-0.2, -0.15) is 0 Å². The van der Waals surface area contributed by atoms with E-state index in [1.54, 1.807) is 43.4 Å². The van der Waals surface area contributed by atoms with Crippen molar-refractivity contribution in [2.24, 2.45) is 23.5 Å². The minimum absolute atomic E-state index is 0.0398. The Labute approximate surface area is 255 Å². The first kappa shape index (κ1) is 30.9. The van der Waals surface area contributed by atoms with Gasteiger partial charge in [0.05, 0.1) is 14.2 Å². The fourth-order valence-corrected chi connectivity index (χ4v) is 6.60. The van der Waals surface area contributed by atoms with Gasteiger partial charge in [-0.3, -0.25) is 14.4 Å². The number of nitrogens with zero attached hydrogens (tertiary/aromatic N) is 2. The van der Waals surface area contributed by atoms with Crippen molar-refractivity contribution in [3.63, 3.8) is 0 Å². The number of rotatable bonds is 11. The Balaban J connectivity index is 1.36. The van der Waals surface area contributed by atoms with Crippen LogP contribution in [0.2, 0.25) is 0 Å². The Kier molecular flexibility index (Phi) is 10.2. The third-order valence-corrected chi connectivity index (χ3v) is 9.46. The number of nitrogens with two attached hydrogens (primary N) is 1. The summed E-state index contributed by atoms with van der Waals surface area (Å²) in [4.78, 5) is 45.0. The maximum atomic E-state index is 13.9. The van der Waals surface area contributed by atoms with Crippen LogP contribution in [0.3, 0.4) is 0 Å². The number of hydrogen-bond donors (Lipinski definition) is 2. The molecule has 2 aromatic carbocycles. The zero-order valence-electron chi connectivity index (χ0n) is 25.5. The smallest absolute Gasteiger partial charge is 0.254 e. The zero-order chi connectivity index (χ0) is 30.3. The summed E-state index contributed by atoms with van der Waals surface area (Å²) < 4.78 is 10.8. The molecule has 0 aromatic heterocycles. The Morgan fingerprint density at radius 1 is 0.907 bits per heavy atom. The van der Waals surface area contributed by atoms with E-state index in [1.807, 2.05) is 29.2 Å². The van der Waals surface area contributed by atoms with Crippen molar-refractivity contribution in [3.8, 4) is 11.5 Å². The molecule has 3 N–H and O–H groups in total. The number of benzene rings is 2. The third kappa shape index (κ3) is 7.68. The quantitative estimate of drug-likeness (QED) is 0.409. The van der Waals surface area contributed by atoms with Gasteiger partial charge in [-0.25, -0.2) is 0 Å². The summed E-state index contributed by atoms with van der Waals surface area (Å²) in [5, 5.41) is 3.19. The Bertz CT molecular complexity index is 1270. The highest BCUT2D eigenvalue weighted by atomic mass is 16.5. The van der Waals surface area contributed by atoms with E-state index in [0.717, 1.165) is 56.4 Å². The van der Waals surface area contributed by atoms with E-state index < -0.39 is 6.04 Å². The highest BCUT2D eigenvalue weighted by Gasteiger charge is 2.42. The molecule has 43 heavy (non-hydrogen) atoms. The maximum absolute atomic E-state index is 13.9. The Morgan fingerprint density at radius 3 is 2.26 bits per heavy atom. The number of methoxy groups -OCH3 is 2. The van der Waals surface area contributed by atoms with Gasteiger partial charge in [0, 0.05) is 37.2 Å². The van der Waals surface area contributed by atoms with E-state index in [0.29, 0.717) is 55.6 Å². The number of nitrogens with one attached hydrogen (secondary N) is 1. The fraction of sp³-hybridized carbons (Fsp3) is 0.559. The van der Waals surface area contributed by atoms with E-state index in [-0.39, 0.29) is 29.7 Å². The summed E-state index contributed by atoms with van der Waals surface area (Å²) in [6.45, 7) is 2.13. The second kappa shape index (κ2) is 14.3. The molecule has 2 aromatic rings. The van der Waals surface area contributed by atoms with E-state index in [1.165, 1.54) is 0 Å². The van der Waals surface area contributed by atoms with Crippen molar-refractivity contribution in [2.45, 2.75) is 70.0 Å². The van der Waals surface area contributed by atoms with Crippen molar-refractivity contribution in [2.75, 3.05) is 33.9 Å². The standard InChI is InChI=1S/C34H46N4O5/c1-42-29-7-3-5-25(17-29)22-38(33(40)26-13-14-26)28-15-16-37(34(41)27-6-4-8-30(18-27)43-2)31(19-28)32(39)36-21-24-11-9-23(20-35)10-12-24/h3-8,17-18,23-24,26,28,31H,9-16,19-22,35H2,1-2H3,(H,36,39)/t23?,24?,28?,31-/m1/s1. The molecule has 2 atom stereocenters. The predicted molar refractivity (Wildman–Crippen MR) is 165 cm³/mol. The molecule has 5 rings (SSSR count). The minimum Gasteiger partial charge on any atom is -0.497 e. The summed E-state index contributed by atoms with van der Waals surface area (Å²) in [5.74, 6) is 2.14. The van der Waals surface area contributed by atoms with Crippen LogP contribution < -0.4 is 20.5 Å². The molecule has 0 spiro atoms. The van der Waals surface area contributed by atoms with Crippen molar-refractivity contribution in [1.29, 1.82) is 0 Å². The molecule has 1 aliphatic heterocycles. The van der Waals surface area contributed by atoms with Crippen LogP contribution in [-0.4, -0.2) is 73.5 Å². The molecule has 0 radical (unpaired) electrons. The van der Waals surface area contributed by atoms with Crippen LogP contribution in [0.25, 0.3) is 0 Å². The zero-order valence-corrected chi connectivity index (χ0v) is 25.5. The van der Waals surface area contributed by atoms with E-state index in [9.17, 15) is 14.4 Å². The van der Waals surface area contributed by atoms with Gasteiger partial charge in [-0.05, 0) is 106 Å². The highest BCUT2D eigenvalue weighted by molar-refractivity contribution is 5.98. The average molecular weight is 591 g/mol. The van der Waals surface area contributed by atoms with Gasteiger partial charge in [0.15, 0.2) is 0 Å². The molecule has 1 saturated heterocycles. The molecule has 3 aliphatic rings. The normalized spacial score (nSPS) is 23.7. The lowest BCUT2D eigenvalue weighted by Gasteiger charge is -2.43. The number of carbonyl (C=O) groups excluding carboxylic acids is 3. The molecule has 3 amide bonds. The van der Waals surface area contributed by atoms with Crippen molar-refractivity contribution >= 4 is 17.7 Å². The SMILES string of the molecule is COc1cccc(CN(C(=O)C2CC2)C2CCN(C(=O)c3cccc(OC)c3)[C@@H](C(=O)NCC3CCC(CN)CC3)C2)c1. The third-order valence-electron chi connectivity index (χ3n) is 9.46. The van der Waals surface area contributed by atoms with Crippen LogP contribution in [0.15, 0.2) is 48.5 Å². The number of likely N-dealkylation sites (tertiary alicyclic amines) is 1. The van der Waals surface area contributed by atoms with Gasteiger partial charge >= 0.3 is 0 Å². The number of carbonyl (C=O) groups is 3. The fourth-order valence-electron chi connectivity index (χ4n) is 6.60. The largest absolute Gasteiger partial charge is 0.497 e. The first-order valence-corrected chi connectivity index (χ1v) is 15.8. The molecular weight excluding hydrogens is 544 g/mol. The molecule has 9 nitrogen and oxygen atoms in total. The lowest BCUT2D eigenvalue weighted by Crippen LogP contribution is -2.58. The van der Waals surface area contributed by atoms with Crippen molar-refractivity contribution in [3.05, 3.63) is 59.7 Å². The van der Waals surface area contributed by atoms with Crippen LogP contribution in [0.1, 0.15) is 67.3 Å². The second-order valence-electron chi connectivity index (χ2n) is 12.4. The molecule has 9 heteroatoms. The monoisotopic (exact) mass is 590 g/mol. The van der Waals surface area contributed by atoms with Crippen LogP contribution >= 0.6 is 0 Å². The molecule has 0 bridgehead atoms. The maximum Gasteiger partial charge on any atom is 0.254 e. The Hall–Kier alpha value is -3.59. The molecule has 3 fully saturated rings. The highest BCUT2D eigenvalue weighted by Crippen LogP contribution is 2.35. The van der Waals surface area contributed by atoms with E-state index in [2.05, 4.69) is 5.32 Å². The van der Waals surface area contributed by atoms with E-state index in [4.69, 9.17) is 15.2 Å². The van der Waals surface area contributed by atoms with Gasteiger partial charge in [0.2, 0.25) is 11.8 Å². The van der Waals surface area contributed by atoms with Gasteiger partial charge in [0.25, 0.3) is 5.91 Å². The average Bonchev–Trinajstić information content (AvgIpc) is 3.91. The van der Waals surface area contributed by atoms with Crippen molar-refractivity contribution < 1.29 is 23.9 Å². The Morgan fingerprint density at radius 2 is 1.58 bits per heavy atom. The number of ether oxygens (including phenoxy) is 2. The second-order valence-corrected chi connectivity index (χ2v) is 12.4. The van der Waals surface area contributed by atoms with Crippen LogP contribution in [0.4, 0.5) is 0 Å². The predicted octanol–water partition coefficient (Wildman–Crippen LogP) is 4.00. The van der Waals surface area contributed by atoms with Crippen LogP contribution in [-0.2, 0) is 16.1 Å².